The van der Waals surface area contributed by atoms with Gasteiger partial charge in [-0.15, -0.1) is 0 Å². The molecule has 0 bridgehead atoms. The number of hydrogen-bond acceptors (Lipinski definition) is 4. The number of para-hydroxylation sites is 1. The molecule has 138 valence electrons. The van der Waals surface area contributed by atoms with E-state index in [2.05, 4.69) is 16.4 Å². The quantitative estimate of drug-likeness (QED) is 0.453. The van der Waals surface area contributed by atoms with Crippen molar-refractivity contribution in [3.05, 3.63) is 59.7 Å². The molecule has 26 heavy (non-hydrogen) atoms. The van der Waals surface area contributed by atoms with Crippen molar-refractivity contribution in [2.24, 2.45) is 10.7 Å². The summed E-state index contributed by atoms with van der Waals surface area (Å²) in [4.78, 5) is 4.35. The molecule has 1 aliphatic heterocycles. The molecule has 0 saturated carbocycles. The number of aliphatic imine (C=N–C) groups is 1. The van der Waals surface area contributed by atoms with Crippen LogP contribution in [0.25, 0.3) is 0 Å². The molecule has 6 heteroatoms. The van der Waals surface area contributed by atoms with Crippen molar-refractivity contribution in [2.45, 2.75) is 19.1 Å². The number of rotatable bonds is 7. The van der Waals surface area contributed by atoms with Gasteiger partial charge in [-0.2, -0.15) is 0 Å². The van der Waals surface area contributed by atoms with Gasteiger partial charge in [-0.05, 0) is 23.8 Å². The van der Waals surface area contributed by atoms with Crippen LogP contribution < -0.4 is 20.5 Å². The zero-order valence-electron chi connectivity index (χ0n) is 15.0. The smallest absolute Gasteiger partial charge is 0.189 e. The normalized spacial score (nSPS) is 16.5. The number of nitrogens with one attached hydrogen (secondary N) is 1. The van der Waals surface area contributed by atoms with Crippen molar-refractivity contribution in [3.8, 4) is 11.5 Å². The Morgan fingerprint density at radius 1 is 1.23 bits per heavy atom. The van der Waals surface area contributed by atoms with Crippen LogP contribution in [-0.2, 0) is 11.3 Å². The molecule has 0 spiro atoms. The van der Waals surface area contributed by atoms with Gasteiger partial charge in [-0.25, -0.2) is 0 Å². The average molecular weight is 355 g/mol. The highest BCUT2D eigenvalue weighted by Gasteiger charge is 2.21. The van der Waals surface area contributed by atoms with Gasteiger partial charge in [-0.1, -0.05) is 30.3 Å². The first-order valence-corrected chi connectivity index (χ1v) is 8.75. The van der Waals surface area contributed by atoms with Crippen LogP contribution in [0.15, 0.2) is 53.5 Å². The summed E-state index contributed by atoms with van der Waals surface area (Å²) in [5.74, 6) is 2.18. The van der Waals surface area contributed by atoms with Crippen LogP contribution in [0.2, 0.25) is 0 Å². The highest BCUT2D eigenvalue weighted by Crippen LogP contribution is 2.31. The van der Waals surface area contributed by atoms with Crippen molar-refractivity contribution in [1.82, 2.24) is 5.32 Å². The Balaban J connectivity index is 1.41. The Labute approximate surface area is 154 Å². The molecule has 0 fully saturated rings. The second-order valence-electron chi connectivity index (χ2n) is 6.04. The number of fused-ring (bicyclic) bond motifs is 1. The van der Waals surface area contributed by atoms with E-state index in [0.717, 1.165) is 29.0 Å². The van der Waals surface area contributed by atoms with Gasteiger partial charge in [0.05, 0.1) is 39.5 Å². The molecule has 0 saturated heterocycles. The summed E-state index contributed by atoms with van der Waals surface area (Å²) in [6, 6.07) is 15.9. The van der Waals surface area contributed by atoms with Gasteiger partial charge in [0.1, 0.15) is 11.5 Å². The van der Waals surface area contributed by atoms with Gasteiger partial charge >= 0.3 is 0 Å². The summed E-state index contributed by atoms with van der Waals surface area (Å²) in [5, 5.41) is 3.27. The topological polar surface area (TPSA) is 78.1 Å². The Morgan fingerprint density at radius 2 is 2.04 bits per heavy atom. The fraction of sp³-hybridized carbons (Fsp3) is 0.350. The van der Waals surface area contributed by atoms with Gasteiger partial charge in [0, 0.05) is 12.0 Å². The van der Waals surface area contributed by atoms with E-state index in [-0.39, 0.29) is 6.04 Å². The molecule has 3 rings (SSSR count). The van der Waals surface area contributed by atoms with E-state index in [1.165, 1.54) is 0 Å². The van der Waals surface area contributed by atoms with Crippen molar-refractivity contribution in [2.75, 3.05) is 26.9 Å². The third kappa shape index (κ3) is 4.89. The van der Waals surface area contributed by atoms with Crippen LogP contribution in [-0.4, -0.2) is 32.8 Å². The second kappa shape index (κ2) is 9.10. The SMILES string of the molecule is COc1ccc(COCCN=C(N)NC2CCOc3ccccc32)cc1. The van der Waals surface area contributed by atoms with Crippen molar-refractivity contribution in [1.29, 1.82) is 0 Å². The minimum atomic E-state index is 0.129. The zero-order valence-corrected chi connectivity index (χ0v) is 15.0. The van der Waals surface area contributed by atoms with Gasteiger partial charge in [0.15, 0.2) is 5.96 Å². The molecule has 0 amide bonds. The van der Waals surface area contributed by atoms with Gasteiger partial charge in [0.2, 0.25) is 0 Å². The standard InChI is InChI=1S/C20H25N3O3/c1-24-16-8-6-15(7-9-16)14-25-13-11-22-20(21)23-18-10-12-26-19-5-3-2-4-17(18)19/h2-9,18H,10-14H2,1H3,(H3,21,22,23). The summed E-state index contributed by atoms with van der Waals surface area (Å²) in [5.41, 5.74) is 8.23. The molecule has 3 N–H and O–H groups in total. The molecule has 1 unspecified atom stereocenters. The van der Waals surface area contributed by atoms with Crippen LogP contribution in [0.1, 0.15) is 23.6 Å². The van der Waals surface area contributed by atoms with E-state index in [9.17, 15) is 0 Å². The van der Waals surface area contributed by atoms with Crippen LogP contribution in [0.4, 0.5) is 0 Å². The van der Waals surface area contributed by atoms with Crippen LogP contribution in [0.3, 0.4) is 0 Å². The highest BCUT2D eigenvalue weighted by molar-refractivity contribution is 5.78. The fourth-order valence-corrected chi connectivity index (χ4v) is 2.86. The van der Waals surface area contributed by atoms with E-state index in [4.69, 9.17) is 19.9 Å². The monoisotopic (exact) mass is 355 g/mol. The van der Waals surface area contributed by atoms with Crippen molar-refractivity contribution < 1.29 is 14.2 Å². The Hall–Kier alpha value is -2.73. The van der Waals surface area contributed by atoms with Crippen LogP contribution in [0, 0.1) is 0 Å². The number of nitrogens with zero attached hydrogens (tertiary/aromatic N) is 1. The first-order valence-electron chi connectivity index (χ1n) is 8.75. The molecule has 2 aromatic carbocycles. The Kier molecular flexibility index (Phi) is 6.33. The summed E-state index contributed by atoms with van der Waals surface area (Å²) >= 11 is 0. The Morgan fingerprint density at radius 3 is 2.85 bits per heavy atom. The van der Waals surface area contributed by atoms with Gasteiger partial charge in [0.25, 0.3) is 0 Å². The summed E-state index contributed by atoms with van der Waals surface area (Å²) in [6.45, 7) is 2.24. The molecular weight excluding hydrogens is 330 g/mol. The fourth-order valence-electron chi connectivity index (χ4n) is 2.86. The lowest BCUT2D eigenvalue weighted by Gasteiger charge is -2.26. The predicted octanol–water partition coefficient (Wildman–Crippen LogP) is 2.64. The molecule has 1 aliphatic rings. The van der Waals surface area contributed by atoms with Crippen LogP contribution in [0.5, 0.6) is 11.5 Å². The number of ether oxygens (including phenoxy) is 3. The molecule has 0 aromatic heterocycles. The third-order valence-electron chi connectivity index (χ3n) is 4.23. The maximum atomic E-state index is 6.02. The number of nitrogens with two attached hydrogens (primary N) is 1. The van der Waals surface area contributed by atoms with Gasteiger partial charge in [-0.3, -0.25) is 4.99 Å². The zero-order chi connectivity index (χ0) is 18.2. The van der Waals surface area contributed by atoms with E-state index >= 15 is 0 Å². The molecule has 2 aromatic rings. The maximum absolute atomic E-state index is 6.02. The highest BCUT2D eigenvalue weighted by atomic mass is 16.5. The third-order valence-corrected chi connectivity index (χ3v) is 4.23. The Bertz CT molecular complexity index is 731. The first-order chi connectivity index (χ1) is 12.8. The number of methoxy groups -OCH3 is 1. The first kappa shape index (κ1) is 18.1. The second-order valence-corrected chi connectivity index (χ2v) is 6.04. The molecule has 0 aliphatic carbocycles. The van der Waals surface area contributed by atoms with Crippen LogP contribution >= 0.6 is 0 Å². The molecule has 1 atom stereocenters. The lowest BCUT2D eigenvalue weighted by atomic mass is 10.0. The average Bonchev–Trinajstić information content (AvgIpc) is 2.68. The molecule has 0 radical (unpaired) electrons. The molecule has 1 heterocycles. The van der Waals surface area contributed by atoms with E-state index in [1.54, 1.807) is 7.11 Å². The van der Waals surface area contributed by atoms with E-state index in [1.807, 2.05) is 42.5 Å². The predicted molar refractivity (Wildman–Crippen MR) is 102 cm³/mol. The van der Waals surface area contributed by atoms with Crippen molar-refractivity contribution >= 4 is 5.96 Å². The maximum Gasteiger partial charge on any atom is 0.189 e. The summed E-state index contributed by atoms with van der Waals surface area (Å²) in [6.07, 6.45) is 0.862. The molecular formula is C20H25N3O3. The largest absolute Gasteiger partial charge is 0.497 e. The summed E-state index contributed by atoms with van der Waals surface area (Å²) < 4.78 is 16.4. The van der Waals surface area contributed by atoms with E-state index in [0.29, 0.717) is 32.3 Å². The van der Waals surface area contributed by atoms with Gasteiger partial charge < -0.3 is 25.3 Å². The lowest BCUT2D eigenvalue weighted by molar-refractivity contribution is 0.128. The number of hydrogen-bond donors (Lipinski definition) is 2. The number of guanidine groups is 1. The molecule has 6 nitrogen and oxygen atoms in total. The van der Waals surface area contributed by atoms with Crippen molar-refractivity contribution in [3.63, 3.8) is 0 Å². The minimum absolute atomic E-state index is 0.129. The minimum Gasteiger partial charge on any atom is -0.497 e. The summed E-state index contributed by atoms with van der Waals surface area (Å²) in [7, 11) is 1.65. The lowest BCUT2D eigenvalue weighted by Crippen LogP contribution is -2.37. The number of benzene rings is 2. The van der Waals surface area contributed by atoms with E-state index < -0.39 is 0 Å².